The molecule has 80 valence electrons. The summed E-state index contributed by atoms with van der Waals surface area (Å²) >= 11 is 0. The molecule has 0 aromatic carbocycles. The van der Waals surface area contributed by atoms with E-state index in [4.69, 9.17) is 10.9 Å². The van der Waals surface area contributed by atoms with Crippen molar-refractivity contribution in [1.82, 2.24) is 4.98 Å². The summed E-state index contributed by atoms with van der Waals surface area (Å²) in [4.78, 5) is 6.22. The quantitative estimate of drug-likeness (QED) is 0.324. The number of anilines is 1. The van der Waals surface area contributed by atoms with Crippen LogP contribution in [0.5, 0.6) is 0 Å². The molecule has 1 saturated heterocycles. The van der Waals surface area contributed by atoms with Gasteiger partial charge in [0.1, 0.15) is 0 Å². The van der Waals surface area contributed by atoms with Crippen molar-refractivity contribution in [2.75, 3.05) is 18.0 Å². The zero-order chi connectivity index (χ0) is 10.7. The molecule has 1 aliphatic rings. The Labute approximate surface area is 88.2 Å². The molecule has 5 heteroatoms. The van der Waals surface area contributed by atoms with Crippen molar-refractivity contribution in [3.8, 4) is 0 Å². The first-order chi connectivity index (χ1) is 7.33. The van der Waals surface area contributed by atoms with Crippen molar-refractivity contribution in [2.45, 2.75) is 12.8 Å². The zero-order valence-corrected chi connectivity index (χ0v) is 8.43. The number of oxime groups is 1. The van der Waals surface area contributed by atoms with Crippen LogP contribution in [0.4, 0.5) is 5.69 Å². The van der Waals surface area contributed by atoms with Crippen LogP contribution >= 0.6 is 0 Å². The minimum absolute atomic E-state index is 0.116. The molecule has 1 aromatic heterocycles. The standard InChI is InChI=1S/C10H14N4O/c11-10(13-15)8-7-12-4-3-9(8)14-5-1-2-6-14/h3-4,7,15H,1-2,5-6H2,(H2,11,13). The Balaban J connectivity index is 2.37. The van der Waals surface area contributed by atoms with Gasteiger partial charge in [0.15, 0.2) is 5.84 Å². The van der Waals surface area contributed by atoms with Gasteiger partial charge >= 0.3 is 0 Å². The zero-order valence-electron chi connectivity index (χ0n) is 8.43. The van der Waals surface area contributed by atoms with Gasteiger partial charge in [-0.1, -0.05) is 5.16 Å². The highest BCUT2D eigenvalue weighted by Crippen LogP contribution is 2.23. The second kappa shape index (κ2) is 4.16. The van der Waals surface area contributed by atoms with Crippen LogP contribution < -0.4 is 10.6 Å². The first-order valence-corrected chi connectivity index (χ1v) is 5.00. The fraction of sp³-hybridized carbons (Fsp3) is 0.400. The molecule has 5 nitrogen and oxygen atoms in total. The minimum Gasteiger partial charge on any atom is -0.409 e. The molecule has 1 aromatic rings. The lowest BCUT2D eigenvalue weighted by Gasteiger charge is -2.20. The molecular weight excluding hydrogens is 192 g/mol. The second-order valence-electron chi connectivity index (χ2n) is 3.57. The van der Waals surface area contributed by atoms with Gasteiger partial charge < -0.3 is 15.8 Å². The summed E-state index contributed by atoms with van der Waals surface area (Å²) in [6.07, 6.45) is 5.74. The van der Waals surface area contributed by atoms with E-state index in [1.54, 1.807) is 12.4 Å². The number of pyridine rings is 1. The fourth-order valence-electron chi connectivity index (χ4n) is 1.87. The van der Waals surface area contributed by atoms with E-state index in [0.717, 1.165) is 18.8 Å². The van der Waals surface area contributed by atoms with E-state index in [1.165, 1.54) is 12.8 Å². The third-order valence-corrected chi connectivity index (χ3v) is 2.63. The van der Waals surface area contributed by atoms with Gasteiger partial charge in [-0.05, 0) is 18.9 Å². The van der Waals surface area contributed by atoms with Crippen LogP contribution in [0.3, 0.4) is 0 Å². The van der Waals surface area contributed by atoms with E-state index >= 15 is 0 Å². The van der Waals surface area contributed by atoms with Crippen LogP contribution in [0.2, 0.25) is 0 Å². The maximum atomic E-state index is 8.67. The molecule has 1 fully saturated rings. The van der Waals surface area contributed by atoms with Crippen molar-refractivity contribution in [3.05, 3.63) is 24.0 Å². The molecule has 0 unspecified atom stereocenters. The van der Waals surface area contributed by atoms with Crippen molar-refractivity contribution in [2.24, 2.45) is 10.9 Å². The Kier molecular flexibility index (Phi) is 2.71. The second-order valence-corrected chi connectivity index (χ2v) is 3.57. The Bertz CT molecular complexity index is 371. The van der Waals surface area contributed by atoms with E-state index < -0.39 is 0 Å². The molecule has 2 heterocycles. The van der Waals surface area contributed by atoms with Crippen molar-refractivity contribution < 1.29 is 5.21 Å². The van der Waals surface area contributed by atoms with Crippen molar-refractivity contribution in [1.29, 1.82) is 0 Å². The van der Waals surface area contributed by atoms with Gasteiger partial charge in [0.2, 0.25) is 0 Å². The van der Waals surface area contributed by atoms with E-state index in [9.17, 15) is 0 Å². The van der Waals surface area contributed by atoms with Crippen LogP contribution in [0.1, 0.15) is 18.4 Å². The molecular formula is C10H14N4O. The van der Waals surface area contributed by atoms with Crippen molar-refractivity contribution in [3.63, 3.8) is 0 Å². The Morgan fingerprint density at radius 1 is 1.47 bits per heavy atom. The molecule has 0 aliphatic carbocycles. The molecule has 0 bridgehead atoms. The van der Waals surface area contributed by atoms with E-state index in [1.807, 2.05) is 6.07 Å². The first-order valence-electron chi connectivity index (χ1n) is 5.00. The maximum absolute atomic E-state index is 8.67. The van der Waals surface area contributed by atoms with Gasteiger partial charge in [-0.25, -0.2) is 0 Å². The van der Waals surface area contributed by atoms with Crippen LogP contribution in [0.15, 0.2) is 23.6 Å². The maximum Gasteiger partial charge on any atom is 0.173 e. The predicted octanol–water partition coefficient (Wildman–Crippen LogP) is 0.776. The van der Waals surface area contributed by atoms with Gasteiger partial charge in [0.05, 0.1) is 11.3 Å². The fourth-order valence-corrected chi connectivity index (χ4v) is 1.87. The smallest absolute Gasteiger partial charge is 0.173 e. The van der Waals surface area contributed by atoms with E-state index in [-0.39, 0.29) is 5.84 Å². The summed E-state index contributed by atoms with van der Waals surface area (Å²) < 4.78 is 0. The molecule has 0 spiro atoms. The van der Waals surface area contributed by atoms with E-state index in [0.29, 0.717) is 5.56 Å². The third kappa shape index (κ3) is 1.86. The van der Waals surface area contributed by atoms with Crippen LogP contribution in [-0.4, -0.2) is 29.1 Å². The molecule has 0 amide bonds. The number of rotatable bonds is 2. The van der Waals surface area contributed by atoms with Crippen molar-refractivity contribution >= 4 is 11.5 Å². The summed E-state index contributed by atoms with van der Waals surface area (Å²) in [5.41, 5.74) is 7.29. The molecule has 2 rings (SSSR count). The normalized spacial score (nSPS) is 17.1. The summed E-state index contributed by atoms with van der Waals surface area (Å²) in [7, 11) is 0. The lowest BCUT2D eigenvalue weighted by molar-refractivity contribution is 0.318. The molecule has 15 heavy (non-hydrogen) atoms. The van der Waals surface area contributed by atoms with Crippen LogP contribution in [0, 0.1) is 0 Å². The van der Waals surface area contributed by atoms with Gasteiger partial charge in [-0.15, -0.1) is 0 Å². The first kappa shape index (κ1) is 9.76. The highest BCUT2D eigenvalue weighted by molar-refractivity contribution is 6.01. The predicted molar refractivity (Wildman–Crippen MR) is 58.2 cm³/mol. The van der Waals surface area contributed by atoms with E-state index in [2.05, 4.69) is 15.0 Å². The number of nitrogens with two attached hydrogens (primary N) is 1. The van der Waals surface area contributed by atoms with Crippen LogP contribution in [-0.2, 0) is 0 Å². The Hall–Kier alpha value is -1.78. The molecule has 0 radical (unpaired) electrons. The average Bonchev–Trinajstić information content (AvgIpc) is 2.81. The number of amidine groups is 1. The number of nitrogens with zero attached hydrogens (tertiary/aromatic N) is 3. The lowest BCUT2D eigenvalue weighted by Crippen LogP contribution is -2.23. The number of hydrogen-bond acceptors (Lipinski definition) is 4. The Morgan fingerprint density at radius 2 is 2.20 bits per heavy atom. The molecule has 1 aliphatic heterocycles. The average molecular weight is 206 g/mol. The number of hydrogen-bond donors (Lipinski definition) is 2. The molecule has 3 N–H and O–H groups in total. The summed E-state index contributed by atoms with van der Waals surface area (Å²) in [5, 5.41) is 11.7. The largest absolute Gasteiger partial charge is 0.409 e. The monoisotopic (exact) mass is 206 g/mol. The van der Waals surface area contributed by atoms with Gasteiger partial charge in [-0.2, -0.15) is 0 Å². The van der Waals surface area contributed by atoms with Gasteiger partial charge in [0.25, 0.3) is 0 Å². The minimum atomic E-state index is 0.116. The molecule has 0 atom stereocenters. The lowest BCUT2D eigenvalue weighted by atomic mass is 10.2. The highest BCUT2D eigenvalue weighted by Gasteiger charge is 2.17. The van der Waals surface area contributed by atoms with Gasteiger partial charge in [0, 0.05) is 25.5 Å². The summed E-state index contributed by atoms with van der Waals surface area (Å²) in [5.74, 6) is 0.116. The third-order valence-electron chi connectivity index (χ3n) is 2.63. The topological polar surface area (TPSA) is 74.7 Å². The SMILES string of the molecule is N/C(=N/O)c1cnccc1N1CCCC1. The summed E-state index contributed by atoms with van der Waals surface area (Å²) in [6.45, 7) is 2.05. The van der Waals surface area contributed by atoms with Gasteiger partial charge in [-0.3, -0.25) is 4.98 Å². The highest BCUT2D eigenvalue weighted by atomic mass is 16.4. The summed E-state index contributed by atoms with van der Waals surface area (Å²) in [6, 6.07) is 1.90. The Morgan fingerprint density at radius 3 is 2.87 bits per heavy atom. The number of aromatic nitrogens is 1. The molecule has 0 saturated carbocycles. The van der Waals surface area contributed by atoms with Crippen LogP contribution in [0.25, 0.3) is 0 Å².